The van der Waals surface area contributed by atoms with Gasteiger partial charge in [0, 0.05) is 38.6 Å². The Morgan fingerprint density at radius 3 is 2.56 bits per heavy atom. The number of nitrogens with zero attached hydrogens (tertiary/aromatic N) is 3. The molecule has 27 heavy (non-hydrogen) atoms. The molecule has 2 saturated heterocycles. The second kappa shape index (κ2) is 8.05. The Kier molecular flexibility index (Phi) is 5.53. The second-order valence-corrected chi connectivity index (χ2v) is 8.44. The van der Waals surface area contributed by atoms with Crippen molar-refractivity contribution < 1.29 is 14.0 Å². The fourth-order valence-electron chi connectivity index (χ4n) is 4.61. The van der Waals surface area contributed by atoms with Gasteiger partial charge in [0.15, 0.2) is 0 Å². The van der Waals surface area contributed by atoms with Crippen LogP contribution in [0.1, 0.15) is 44.3 Å². The number of likely N-dealkylation sites (tertiary alicyclic amines) is 2. The molecule has 0 spiro atoms. The normalized spacial score (nSPS) is 24.8. The first-order valence-corrected chi connectivity index (χ1v) is 10.4. The summed E-state index contributed by atoms with van der Waals surface area (Å²) in [6, 6.07) is 4.28. The molecule has 3 heterocycles. The number of rotatable bonds is 5. The zero-order valence-corrected chi connectivity index (χ0v) is 16.3. The zero-order chi connectivity index (χ0) is 18.8. The Hall–Kier alpha value is -1.82. The molecule has 1 aromatic heterocycles. The van der Waals surface area contributed by atoms with E-state index in [0.29, 0.717) is 24.4 Å². The Morgan fingerprint density at radius 2 is 1.89 bits per heavy atom. The minimum atomic E-state index is 0.0739. The van der Waals surface area contributed by atoms with E-state index in [0.717, 1.165) is 70.5 Å². The van der Waals surface area contributed by atoms with Crippen molar-refractivity contribution in [1.29, 1.82) is 0 Å². The molecule has 1 saturated carbocycles. The smallest absolute Gasteiger partial charge is 0.227 e. The molecule has 1 atom stereocenters. The van der Waals surface area contributed by atoms with Crippen LogP contribution >= 0.6 is 0 Å². The summed E-state index contributed by atoms with van der Waals surface area (Å²) in [5.74, 6) is 1.82. The van der Waals surface area contributed by atoms with Gasteiger partial charge in [0.1, 0.15) is 5.76 Å². The van der Waals surface area contributed by atoms with Crippen molar-refractivity contribution in [3.63, 3.8) is 0 Å². The van der Waals surface area contributed by atoms with Crippen molar-refractivity contribution in [2.24, 2.45) is 11.8 Å². The average molecular weight is 373 g/mol. The van der Waals surface area contributed by atoms with Crippen molar-refractivity contribution in [2.75, 3.05) is 33.2 Å². The third-order valence-corrected chi connectivity index (χ3v) is 6.37. The molecule has 2 amide bonds. The zero-order valence-electron chi connectivity index (χ0n) is 16.3. The summed E-state index contributed by atoms with van der Waals surface area (Å²) in [7, 11) is 1.87. The second-order valence-electron chi connectivity index (χ2n) is 8.44. The van der Waals surface area contributed by atoms with Crippen molar-refractivity contribution >= 4 is 11.8 Å². The molecule has 0 radical (unpaired) electrons. The van der Waals surface area contributed by atoms with Gasteiger partial charge in [-0.2, -0.15) is 0 Å². The number of hydrogen-bond acceptors (Lipinski definition) is 4. The first-order chi connectivity index (χ1) is 13.1. The lowest BCUT2D eigenvalue weighted by molar-refractivity contribution is -0.137. The lowest BCUT2D eigenvalue weighted by atomic mass is 9.93. The van der Waals surface area contributed by atoms with Crippen LogP contribution in [0.5, 0.6) is 0 Å². The van der Waals surface area contributed by atoms with E-state index in [-0.39, 0.29) is 11.8 Å². The molecule has 1 aromatic rings. The molecule has 0 aromatic carbocycles. The lowest BCUT2D eigenvalue weighted by Crippen LogP contribution is -2.51. The van der Waals surface area contributed by atoms with Gasteiger partial charge in [-0.15, -0.1) is 0 Å². The topological polar surface area (TPSA) is 57.0 Å². The number of carbonyl (C=O) groups is 2. The van der Waals surface area contributed by atoms with Crippen molar-refractivity contribution in [3.8, 4) is 0 Å². The van der Waals surface area contributed by atoms with Gasteiger partial charge >= 0.3 is 0 Å². The summed E-state index contributed by atoms with van der Waals surface area (Å²) in [6.07, 6.45) is 7.95. The Labute approximate surface area is 161 Å². The van der Waals surface area contributed by atoms with Crippen LogP contribution in [-0.2, 0) is 16.1 Å². The summed E-state index contributed by atoms with van der Waals surface area (Å²) in [5.41, 5.74) is 0. The van der Waals surface area contributed by atoms with Crippen molar-refractivity contribution in [1.82, 2.24) is 14.7 Å². The minimum Gasteiger partial charge on any atom is -0.467 e. The van der Waals surface area contributed by atoms with E-state index in [2.05, 4.69) is 9.80 Å². The van der Waals surface area contributed by atoms with Crippen LogP contribution in [0, 0.1) is 11.8 Å². The highest BCUT2D eigenvalue weighted by molar-refractivity contribution is 5.81. The van der Waals surface area contributed by atoms with Gasteiger partial charge < -0.3 is 14.2 Å². The maximum atomic E-state index is 12.9. The van der Waals surface area contributed by atoms with Crippen LogP contribution in [0.3, 0.4) is 0 Å². The van der Waals surface area contributed by atoms with E-state index in [1.54, 1.807) is 11.2 Å². The quantitative estimate of drug-likeness (QED) is 0.795. The van der Waals surface area contributed by atoms with Gasteiger partial charge in [-0.1, -0.05) is 0 Å². The lowest BCUT2D eigenvalue weighted by Gasteiger charge is -2.42. The predicted octanol–water partition coefficient (Wildman–Crippen LogP) is 2.35. The Bertz CT molecular complexity index is 648. The van der Waals surface area contributed by atoms with E-state index in [1.165, 1.54) is 0 Å². The van der Waals surface area contributed by atoms with Crippen LogP contribution in [-0.4, -0.2) is 65.8 Å². The molecule has 2 aliphatic heterocycles. The largest absolute Gasteiger partial charge is 0.467 e. The fraction of sp³-hybridized carbons (Fsp3) is 0.714. The summed E-state index contributed by atoms with van der Waals surface area (Å²) < 4.78 is 5.37. The Morgan fingerprint density at radius 1 is 1.11 bits per heavy atom. The molecule has 0 unspecified atom stereocenters. The number of amides is 2. The Balaban J connectivity index is 1.27. The molecular weight excluding hydrogens is 342 g/mol. The van der Waals surface area contributed by atoms with Gasteiger partial charge in [-0.3, -0.25) is 14.5 Å². The van der Waals surface area contributed by atoms with E-state index in [4.69, 9.17) is 4.42 Å². The van der Waals surface area contributed by atoms with Gasteiger partial charge in [-0.05, 0) is 57.2 Å². The average Bonchev–Trinajstić information content (AvgIpc) is 3.44. The van der Waals surface area contributed by atoms with E-state index in [1.807, 2.05) is 19.2 Å². The molecule has 6 heteroatoms. The van der Waals surface area contributed by atoms with Crippen LogP contribution in [0.25, 0.3) is 0 Å². The summed E-state index contributed by atoms with van der Waals surface area (Å²) in [6.45, 7) is 4.22. The highest BCUT2D eigenvalue weighted by atomic mass is 16.3. The summed E-state index contributed by atoms with van der Waals surface area (Å²) in [5, 5.41) is 0. The molecule has 4 rings (SSSR count). The highest BCUT2D eigenvalue weighted by Gasteiger charge is 2.37. The standard InChI is InChI=1S/C21H31N3O3/c1-22(15-19-5-3-13-27-19)20(25)17-4-2-10-24(14-17)18-8-11-23(12-9-18)21(26)16-6-7-16/h3,5,13,16-18H,2,4,6-12,14-15H2,1H3/t17-/m1/s1. The monoisotopic (exact) mass is 373 g/mol. The fourth-order valence-corrected chi connectivity index (χ4v) is 4.61. The molecular formula is C21H31N3O3. The SMILES string of the molecule is CN(Cc1ccco1)C(=O)[C@@H]1CCCN(C2CCN(C(=O)C3CC3)CC2)C1. The van der Waals surface area contributed by atoms with Gasteiger partial charge in [-0.25, -0.2) is 0 Å². The van der Waals surface area contributed by atoms with E-state index >= 15 is 0 Å². The van der Waals surface area contributed by atoms with Gasteiger partial charge in [0.05, 0.1) is 18.7 Å². The highest BCUT2D eigenvalue weighted by Crippen LogP contribution is 2.32. The van der Waals surface area contributed by atoms with Crippen LogP contribution in [0.15, 0.2) is 22.8 Å². The van der Waals surface area contributed by atoms with Crippen LogP contribution in [0.4, 0.5) is 0 Å². The molecule has 148 valence electrons. The third kappa shape index (κ3) is 4.37. The first kappa shape index (κ1) is 18.5. The number of carbonyl (C=O) groups excluding carboxylic acids is 2. The summed E-state index contributed by atoms with van der Waals surface area (Å²) >= 11 is 0. The van der Waals surface area contributed by atoms with E-state index in [9.17, 15) is 9.59 Å². The minimum absolute atomic E-state index is 0.0739. The maximum Gasteiger partial charge on any atom is 0.227 e. The van der Waals surface area contributed by atoms with Crippen molar-refractivity contribution in [3.05, 3.63) is 24.2 Å². The maximum absolute atomic E-state index is 12.9. The molecule has 1 aliphatic carbocycles. The first-order valence-electron chi connectivity index (χ1n) is 10.4. The van der Waals surface area contributed by atoms with Gasteiger partial charge in [0.25, 0.3) is 0 Å². The van der Waals surface area contributed by atoms with E-state index < -0.39 is 0 Å². The number of furan rings is 1. The van der Waals surface area contributed by atoms with Crippen molar-refractivity contribution in [2.45, 2.75) is 51.1 Å². The van der Waals surface area contributed by atoms with Gasteiger partial charge in [0.2, 0.25) is 11.8 Å². The third-order valence-electron chi connectivity index (χ3n) is 6.37. The number of piperidine rings is 2. The summed E-state index contributed by atoms with van der Waals surface area (Å²) in [4.78, 5) is 31.5. The number of hydrogen-bond donors (Lipinski definition) is 0. The molecule has 0 N–H and O–H groups in total. The predicted molar refractivity (Wildman–Crippen MR) is 102 cm³/mol. The molecule has 0 bridgehead atoms. The molecule has 3 fully saturated rings. The van der Waals surface area contributed by atoms with Crippen LogP contribution in [0.2, 0.25) is 0 Å². The molecule has 3 aliphatic rings. The van der Waals surface area contributed by atoms with Crippen LogP contribution < -0.4 is 0 Å². The molecule has 6 nitrogen and oxygen atoms in total.